The summed E-state index contributed by atoms with van der Waals surface area (Å²) in [7, 11) is 1.20. The van der Waals surface area contributed by atoms with Crippen molar-refractivity contribution >= 4 is 40.8 Å². The summed E-state index contributed by atoms with van der Waals surface area (Å²) in [5.74, 6) is -8.39. The Kier molecular flexibility index (Phi) is 6.60. The third-order valence-electron chi connectivity index (χ3n) is 8.59. The molecule has 1 aliphatic heterocycles. The number of para-hydroxylation sites is 1. The highest BCUT2D eigenvalue weighted by Gasteiger charge is 2.58. The lowest BCUT2D eigenvalue weighted by atomic mass is 9.59. The number of nitrogens with zero attached hydrogens (tertiary/aromatic N) is 3. The van der Waals surface area contributed by atoms with Gasteiger partial charge in [0.25, 0.3) is 11.8 Å². The number of benzene rings is 1. The SMILES string of the molecule is CC1=CC(=O)C2=C(C[C@@H]3C(=CC[C@@H]4C(=O)N(N(C)c5nc(C(F)(F)F)ccc5Cl)C(=O)[C@@H]43)[C@@H]2c2cccc(F)c2O)C1=O. The van der Waals surface area contributed by atoms with Crippen LogP contribution in [0, 0.1) is 23.6 Å². The summed E-state index contributed by atoms with van der Waals surface area (Å²) < 4.78 is 54.7. The van der Waals surface area contributed by atoms with Gasteiger partial charge in [-0.15, -0.1) is 0 Å². The maximum atomic E-state index is 14.5. The summed E-state index contributed by atoms with van der Waals surface area (Å²) in [4.78, 5) is 57.8. The number of ketones is 2. The molecule has 2 heterocycles. The lowest BCUT2D eigenvalue weighted by Gasteiger charge is -2.42. The number of phenols is 1. The quantitative estimate of drug-likeness (QED) is 0.222. The molecule has 2 aromatic rings. The Morgan fingerprint density at radius 3 is 2.49 bits per heavy atom. The molecule has 4 atom stereocenters. The van der Waals surface area contributed by atoms with Crippen LogP contribution in [0.3, 0.4) is 0 Å². The molecule has 6 rings (SSSR count). The molecule has 3 aliphatic carbocycles. The fourth-order valence-electron chi connectivity index (χ4n) is 6.69. The van der Waals surface area contributed by atoms with Gasteiger partial charge in [0.2, 0.25) is 0 Å². The van der Waals surface area contributed by atoms with Crippen LogP contribution in [0.2, 0.25) is 5.02 Å². The molecule has 0 bridgehead atoms. The largest absolute Gasteiger partial charge is 0.505 e. The molecule has 13 heteroatoms. The van der Waals surface area contributed by atoms with Gasteiger partial charge in [0.1, 0.15) is 5.69 Å². The molecule has 8 nitrogen and oxygen atoms in total. The van der Waals surface area contributed by atoms with E-state index in [1.54, 1.807) is 6.08 Å². The normalized spacial score (nSPS) is 25.3. The fraction of sp³-hybridized carbons (Fsp3) is 0.300. The van der Waals surface area contributed by atoms with Crippen LogP contribution in [-0.2, 0) is 25.4 Å². The number of alkyl halides is 3. The van der Waals surface area contributed by atoms with E-state index in [-0.39, 0.29) is 40.1 Å². The van der Waals surface area contributed by atoms with Crippen molar-refractivity contribution in [2.75, 3.05) is 12.1 Å². The van der Waals surface area contributed by atoms with E-state index in [1.165, 1.54) is 32.2 Å². The van der Waals surface area contributed by atoms with E-state index in [9.17, 15) is 41.8 Å². The van der Waals surface area contributed by atoms with Gasteiger partial charge < -0.3 is 5.11 Å². The summed E-state index contributed by atoms with van der Waals surface area (Å²) in [5.41, 5.74) is -0.421. The van der Waals surface area contributed by atoms with Gasteiger partial charge in [-0.25, -0.2) is 9.37 Å². The minimum Gasteiger partial charge on any atom is -0.505 e. The van der Waals surface area contributed by atoms with E-state index in [1.807, 2.05) is 0 Å². The van der Waals surface area contributed by atoms with Crippen molar-refractivity contribution in [3.63, 3.8) is 0 Å². The van der Waals surface area contributed by atoms with Gasteiger partial charge in [-0.3, -0.25) is 24.2 Å². The molecule has 1 aromatic heterocycles. The maximum Gasteiger partial charge on any atom is 0.433 e. The number of halogens is 5. The highest BCUT2D eigenvalue weighted by Crippen LogP contribution is 2.56. The Bertz CT molecular complexity index is 1750. The molecule has 0 spiro atoms. The van der Waals surface area contributed by atoms with Gasteiger partial charge in [-0.2, -0.15) is 18.2 Å². The van der Waals surface area contributed by atoms with Crippen LogP contribution in [0.1, 0.15) is 36.9 Å². The molecule has 0 unspecified atom stereocenters. The Morgan fingerprint density at radius 1 is 1.07 bits per heavy atom. The second kappa shape index (κ2) is 9.87. The van der Waals surface area contributed by atoms with Gasteiger partial charge in [0.15, 0.2) is 29.0 Å². The van der Waals surface area contributed by atoms with Gasteiger partial charge in [-0.1, -0.05) is 35.4 Å². The van der Waals surface area contributed by atoms with Crippen molar-refractivity contribution in [2.45, 2.75) is 31.9 Å². The Morgan fingerprint density at radius 2 is 1.79 bits per heavy atom. The molecule has 1 aromatic carbocycles. The van der Waals surface area contributed by atoms with E-state index < -0.39 is 76.3 Å². The number of aromatic hydroxyl groups is 1. The second-order valence-electron chi connectivity index (χ2n) is 10.9. The van der Waals surface area contributed by atoms with Crippen molar-refractivity contribution in [3.05, 3.63) is 86.9 Å². The number of hydrogen-bond acceptors (Lipinski definition) is 7. The number of hydrogen-bond donors (Lipinski definition) is 1. The molecule has 1 N–H and O–H groups in total. The molecule has 1 fully saturated rings. The molecule has 0 saturated carbocycles. The predicted molar refractivity (Wildman–Crippen MR) is 144 cm³/mol. The summed E-state index contributed by atoms with van der Waals surface area (Å²) in [6.45, 7) is 1.47. The zero-order valence-electron chi connectivity index (χ0n) is 22.6. The third-order valence-corrected chi connectivity index (χ3v) is 8.89. The number of fused-ring (bicyclic) bond motifs is 3. The molecule has 1 saturated heterocycles. The average molecular weight is 616 g/mol. The van der Waals surface area contributed by atoms with Crippen LogP contribution < -0.4 is 5.01 Å². The maximum absolute atomic E-state index is 14.5. The first-order valence-corrected chi connectivity index (χ1v) is 13.6. The Labute approximate surface area is 246 Å². The minimum atomic E-state index is -4.81. The third kappa shape index (κ3) is 4.30. The molecule has 2 amide bonds. The number of aromatic nitrogens is 1. The Balaban J connectivity index is 1.45. The number of hydrazine groups is 1. The topological polar surface area (TPSA) is 108 Å². The number of rotatable bonds is 3. The number of pyridine rings is 1. The summed E-state index contributed by atoms with van der Waals surface area (Å²) in [5, 5.41) is 12.0. The Hall–Kier alpha value is -4.32. The highest BCUT2D eigenvalue weighted by atomic mass is 35.5. The number of carbonyl (C=O) groups is 4. The van der Waals surface area contributed by atoms with Crippen molar-refractivity contribution < 1.29 is 41.8 Å². The molecule has 222 valence electrons. The van der Waals surface area contributed by atoms with Crippen LogP contribution in [0.4, 0.5) is 23.4 Å². The number of anilines is 1. The average Bonchev–Trinajstić information content (AvgIpc) is 3.21. The van der Waals surface area contributed by atoms with Crippen LogP contribution >= 0.6 is 11.6 Å². The number of phenolic OH excluding ortho intramolecular Hbond substituents is 1. The van der Waals surface area contributed by atoms with Gasteiger partial charge in [0, 0.05) is 35.2 Å². The number of amides is 2. The lowest BCUT2D eigenvalue weighted by molar-refractivity contribution is -0.141. The number of Topliss-reactive ketones (excluding diaryl/α,β-unsaturated/α-hetero) is 1. The number of allylic oxidation sites excluding steroid dienone is 6. The summed E-state index contributed by atoms with van der Waals surface area (Å²) in [6.07, 6.45) is -2.03. The van der Waals surface area contributed by atoms with Gasteiger partial charge >= 0.3 is 6.18 Å². The fourth-order valence-corrected chi connectivity index (χ4v) is 6.92. The summed E-state index contributed by atoms with van der Waals surface area (Å²) in [6, 6.07) is 5.46. The first-order valence-electron chi connectivity index (χ1n) is 13.2. The molecular weight excluding hydrogens is 594 g/mol. The molecule has 0 radical (unpaired) electrons. The van der Waals surface area contributed by atoms with Crippen molar-refractivity contribution in [1.82, 2.24) is 9.99 Å². The van der Waals surface area contributed by atoms with E-state index in [0.717, 1.165) is 17.1 Å². The molecular formula is C30H22ClF4N3O5. The van der Waals surface area contributed by atoms with Crippen molar-refractivity contribution in [3.8, 4) is 5.75 Å². The second-order valence-corrected chi connectivity index (χ2v) is 11.3. The van der Waals surface area contributed by atoms with Crippen LogP contribution in [0.25, 0.3) is 0 Å². The van der Waals surface area contributed by atoms with E-state index in [2.05, 4.69) is 4.98 Å². The monoisotopic (exact) mass is 615 g/mol. The minimum absolute atomic E-state index is 0.0152. The number of carbonyl (C=O) groups excluding carboxylic acids is 4. The van der Waals surface area contributed by atoms with Crippen molar-refractivity contribution in [1.29, 1.82) is 0 Å². The standard InChI is InChI=1S/C30H22ClF4N3O5/c1-12-10-20(39)24-17(25(12)40)11-16-13(22(24)14-4-3-5-19(32)26(14)41)6-7-15-23(16)29(43)38(28(15)42)37(2)27-18(31)8-9-21(36-27)30(33,34)35/h3-6,8-10,15-16,22-23,41H,7,11H2,1-2H3/t15-,16+,22+,23-/m0/s1. The van der Waals surface area contributed by atoms with E-state index in [4.69, 9.17) is 11.6 Å². The highest BCUT2D eigenvalue weighted by molar-refractivity contribution is 6.33. The first-order chi connectivity index (χ1) is 20.2. The zero-order chi connectivity index (χ0) is 31.1. The van der Waals surface area contributed by atoms with Crippen LogP contribution in [-0.4, -0.2) is 45.5 Å². The van der Waals surface area contributed by atoms with Crippen molar-refractivity contribution in [2.24, 2.45) is 17.8 Å². The van der Waals surface area contributed by atoms with E-state index >= 15 is 0 Å². The molecule has 43 heavy (non-hydrogen) atoms. The van der Waals surface area contributed by atoms with Gasteiger partial charge in [-0.05, 0) is 50.0 Å². The lowest BCUT2D eigenvalue weighted by Crippen LogP contribution is -2.46. The zero-order valence-corrected chi connectivity index (χ0v) is 23.3. The van der Waals surface area contributed by atoms with Crippen LogP contribution in [0.15, 0.2) is 64.8 Å². The predicted octanol–water partition coefficient (Wildman–Crippen LogP) is 5.08. The summed E-state index contributed by atoms with van der Waals surface area (Å²) >= 11 is 6.15. The smallest absolute Gasteiger partial charge is 0.433 e. The van der Waals surface area contributed by atoms with Crippen LogP contribution in [0.5, 0.6) is 5.75 Å². The number of imide groups is 1. The van der Waals surface area contributed by atoms with Gasteiger partial charge in [0.05, 0.1) is 16.9 Å². The first kappa shape index (κ1) is 28.8. The van der Waals surface area contributed by atoms with E-state index in [0.29, 0.717) is 16.6 Å². The molecule has 4 aliphatic rings.